The number of nitrogens with one attached hydrogen (secondary N) is 1. The van der Waals surface area contributed by atoms with Crippen molar-refractivity contribution in [2.24, 2.45) is 0 Å². The first-order chi connectivity index (χ1) is 7.25. The van der Waals surface area contributed by atoms with E-state index in [9.17, 15) is 4.79 Å². The quantitative estimate of drug-likeness (QED) is 0.806. The predicted octanol–water partition coefficient (Wildman–Crippen LogP) is 2.48. The third kappa shape index (κ3) is 2.38. The zero-order valence-corrected chi connectivity index (χ0v) is 8.91. The fraction of sp³-hybridized carbons (Fsp3) is 0.100. The highest BCUT2D eigenvalue weighted by Crippen LogP contribution is 2.21. The number of anilines is 2. The molecular formula is C10H9N3OS. The van der Waals surface area contributed by atoms with Crippen molar-refractivity contribution in [3.05, 3.63) is 35.6 Å². The van der Waals surface area contributed by atoms with Crippen LogP contribution in [-0.2, 0) is 0 Å². The molecule has 0 amide bonds. The molecule has 2 rings (SSSR count). The Morgan fingerprint density at radius 3 is 2.93 bits per heavy atom. The lowest BCUT2D eigenvalue weighted by atomic mass is 10.4. The molecule has 2 aromatic heterocycles. The molecule has 1 N–H and O–H groups in total. The van der Waals surface area contributed by atoms with Crippen molar-refractivity contribution >= 4 is 27.9 Å². The fourth-order valence-electron chi connectivity index (χ4n) is 1.05. The minimum absolute atomic E-state index is 0.0340. The Labute approximate surface area is 91.0 Å². The van der Waals surface area contributed by atoms with E-state index in [1.165, 1.54) is 18.3 Å². The second-order valence-electron chi connectivity index (χ2n) is 2.95. The molecule has 0 saturated heterocycles. The van der Waals surface area contributed by atoms with E-state index in [-0.39, 0.29) is 5.78 Å². The second kappa shape index (κ2) is 4.18. The Bertz CT molecular complexity index is 467. The molecule has 0 aromatic carbocycles. The van der Waals surface area contributed by atoms with Gasteiger partial charge in [-0.1, -0.05) is 11.3 Å². The predicted molar refractivity (Wildman–Crippen MR) is 59.6 cm³/mol. The van der Waals surface area contributed by atoms with Crippen LogP contribution < -0.4 is 5.32 Å². The van der Waals surface area contributed by atoms with Gasteiger partial charge in [-0.2, -0.15) is 0 Å². The van der Waals surface area contributed by atoms with Gasteiger partial charge in [0.25, 0.3) is 0 Å². The van der Waals surface area contributed by atoms with Gasteiger partial charge < -0.3 is 5.32 Å². The number of Topliss-reactive ketones (excluding diaryl/α,β-unsaturated/α-hetero) is 1. The van der Waals surface area contributed by atoms with Gasteiger partial charge in [0, 0.05) is 13.1 Å². The van der Waals surface area contributed by atoms with E-state index >= 15 is 0 Å². The van der Waals surface area contributed by atoms with Crippen molar-refractivity contribution in [1.82, 2.24) is 9.97 Å². The lowest BCUT2D eigenvalue weighted by Gasteiger charge is -1.99. The van der Waals surface area contributed by atoms with Crippen LogP contribution in [-0.4, -0.2) is 15.8 Å². The summed E-state index contributed by atoms with van der Waals surface area (Å²) < 4.78 is 0. The molecule has 0 unspecified atom stereocenters. The third-order valence-electron chi connectivity index (χ3n) is 1.77. The lowest BCUT2D eigenvalue weighted by molar-refractivity contribution is 0.102. The fourth-order valence-corrected chi connectivity index (χ4v) is 1.79. The van der Waals surface area contributed by atoms with Crippen LogP contribution in [0.25, 0.3) is 0 Å². The number of nitrogens with zero attached hydrogens (tertiary/aromatic N) is 2. The number of hydrogen-bond acceptors (Lipinski definition) is 5. The van der Waals surface area contributed by atoms with Gasteiger partial charge in [-0.25, -0.2) is 4.98 Å². The molecule has 0 saturated carbocycles. The normalized spacial score (nSPS) is 9.93. The van der Waals surface area contributed by atoms with E-state index in [0.29, 0.717) is 10.0 Å². The molecule has 4 nitrogen and oxygen atoms in total. The van der Waals surface area contributed by atoms with E-state index in [1.807, 2.05) is 12.1 Å². The van der Waals surface area contributed by atoms with Gasteiger partial charge in [0.1, 0.15) is 0 Å². The van der Waals surface area contributed by atoms with Gasteiger partial charge in [0.2, 0.25) is 0 Å². The Morgan fingerprint density at radius 2 is 2.33 bits per heavy atom. The summed E-state index contributed by atoms with van der Waals surface area (Å²) in [4.78, 5) is 19.8. The standard InChI is InChI=1S/C10H9N3OS/c1-7(14)9-6-12-10(15-9)13-8-3-2-4-11-5-8/h2-6H,1H3,(H,12,13). The van der Waals surface area contributed by atoms with Crippen molar-refractivity contribution in [3.8, 4) is 0 Å². The van der Waals surface area contributed by atoms with Crippen LogP contribution in [0.2, 0.25) is 0 Å². The number of carbonyl (C=O) groups excluding carboxylic acids is 1. The Morgan fingerprint density at radius 1 is 1.47 bits per heavy atom. The number of thiazole rings is 1. The van der Waals surface area contributed by atoms with E-state index < -0.39 is 0 Å². The van der Waals surface area contributed by atoms with Crippen molar-refractivity contribution in [1.29, 1.82) is 0 Å². The first-order valence-electron chi connectivity index (χ1n) is 4.39. The molecule has 0 aliphatic rings. The minimum atomic E-state index is 0.0340. The number of hydrogen-bond donors (Lipinski definition) is 1. The molecule has 0 spiro atoms. The van der Waals surface area contributed by atoms with Crippen molar-refractivity contribution in [2.75, 3.05) is 5.32 Å². The van der Waals surface area contributed by atoms with Crippen LogP contribution in [0.1, 0.15) is 16.6 Å². The summed E-state index contributed by atoms with van der Waals surface area (Å²) in [5.74, 6) is 0.0340. The monoisotopic (exact) mass is 219 g/mol. The maximum absolute atomic E-state index is 11.0. The average Bonchev–Trinajstić information content (AvgIpc) is 2.68. The van der Waals surface area contributed by atoms with E-state index in [0.717, 1.165) is 5.69 Å². The molecule has 2 aromatic rings. The van der Waals surface area contributed by atoms with Crippen LogP contribution >= 0.6 is 11.3 Å². The van der Waals surface area contributed by atoms with Gasteiger partial charge in [0.05, 0.1) is 23.0 Å². The summed E-state index contributed by atoms with van der Waals surface area (Å²) in [5.41, 5.74) is 0.863. The summed E-state index contributed by atoms with van der Waals surface area (Å²) in [6, 6.07) is 3.73. The van der Waals surface area contributed by atoms with E-state index in [1.54, 1.807) is 18.6 Å². The highest BCUT2D eigenvalue weighted by molar-refractivity contribution is 7.17. The molecular weight excluding hydrogens is 210 g/mol. The molecule has 0 aliphatic heterocycles. The molecule has 0 fully saturated rings. The third-order valence-corrected chi connectivity index (χ3v) is 2.78. The summed E-state index contributed by atoms with van der Waals surface area (Å²) in [6.45, 7) is 1.53. The van der Waals surface area contributed by atoms with Crippen LogP contribution in [0.4, 0.5) is 10.8 Å². The molecule has 5 heteroatoms. The Hall–Kier alpha value is -1.75. The summed E-state index contributed by atoms with van der Waals surface area (Å²) in [5, 5.41) is 3.77. The molecule has 0 atom stereocenters. The Balaban J connectivity index is 2.15. The van der Waals surface area contributed by atoms with Crippen LogP contribution in [0.3, 0.4) is 0 Å². The lowest BCUT2D eigenvalue weighted by Crippen LogP contribution is -1.88. The van der Waals surface area contributed by atoms with Gasteiger partial charge in [0.15, 0.2) is 10.9 Å². The van der Waals surface area contributed by atoms with E-state index in [4.69, 9.17) is 0 Å². The SMILES string of the molecule is CC(=O)c1cnc(Nc2cccnc2)s1. The van der Waals surface area contributed by atoms with Crippen LogP contribution in [0.15, 0.2) is 30.7 Å². The first-order valence-corrected chi connectivity index (χ1v) is 5.21. The maximum atomic E-state index is 11.0. The van der Waals surface area contributed by atoms with Gasteiger partial charge in [-0.15, -0.1) is 0 Å². The number of pyridine rings is 1. The smallest absolute Gasteiger partial charge is 0.187 e. The molecule has 2 heterocycles. The Kier molecular flexibility index (Phi) is 2.73. The van der Waals surface area contributed by atoms with E-state index in [2.05, 4.69) is 15.3 Å². The summed E-state index contributed by atoms with van der Waals surface area (Å²) >= 11 is 1.34. The zero-order valence-electron chi connectivity index (χ0n) is 8.10. The van der Waals surface area contributed by atoms with Gasteiger partial charge >= 0.3 is 0 Å². The highest BCUT2D eigenvalue weighted by atomic mass is 32.1. The molecule has 0 bridgehead atoms. The van der Waals surface area contributed by atoms with Crippen molar-refractivity contribution in [3.63, 3.8) is 0 Å². The molecule has 0 radical (unpaired) electrons. The largest absolute Gasteiger partial charge is 0.330 e. The van der Waals surface area contributed by atoms with Crippen LogP contribution in [0.5, 0.6) is 0 Å². The minimum Gasteiger partial charge on any atom is -0.330 e. The second-order valence-corrected chi connectivity index (χ2v) is 3.98. The number of aromatic nitrogens is 2. The molecule has 76 valence electrons. The number of ketones is 1. The molecule has 15 heavy (non-hydrogen) atoms. The first kappa shape index (κ1) is 9.79. The van der Waals surface area contributed by atoms with Gasteiger partial charge in [-0.3, -0.25) is 9.78 Å². The van der Waals surface area contributed by atoms with Crippen molar-refractivity contribution in [2.45, 2.75) is 6.92 Å². The zero-order chi connectivity index (χ0) is 10.7. The van der Waals surface area contributed by atoms with Gasteiger partial charge in [-0.05, 0) is 12.1 Å². The average molecular weight is 219 g/mol. The molecule has 0 aliphatic carbocycles. The highest BCUT2D eigenvalue weighted by Gasteiger charge is 2.05. The number of carbonyl (C=O) groups is 1. The van der Waals surface area contributed by atoms with Crippen LogP contribution in [0, 0.1) is 0 Å². The summed E-state index contributed by atoms with van der Waals surface area (Å²) in [7, 11) is 0. The summed E-state index contributed by atoms with van der Waals surface area (Å²) in [6.07, 6.45) is 4.98. The number of rotatable bonds is 3. The van der Waals surface area contributed by atoms with Crippen molar-refractivity contribution < 1.29 is 4.79 Å². The maximum Gasteiger partial charge on any atom is 0.187 e. The topological polar surface area (TPSA) is 54.9 Å².